The molecule has 0 saturated carbocycles. The van der Waals surface area contributed by atoms with E-state index in [1.807, 2.05) is 23.1 Å². The van der Waals surface area contributed by atoms with Crippen LogP contribution in [0.25, 0.3) is 0 Å². The third-order valence-corrected chi connectivity index (χ3v) is 3.00. The molecule has 0 aromatic heterocycles. The average Bonchev–Trinajstić information content (AvgIpc) is 2.44. The van der Waals surface area contributed by atoms with E-state index in [4.69, 9.17) is 0 Å². The zero-order chi connectivity index (χ0) is 10.3. The zero-order valence-electron chi connectivity index (χ0n) is 9.03. The molecule has 1 amide bonds. The molecule has 0 N–H and O–H groups in total. The van der Waals surface area contributed by atoms with Crippen molar-refractivity contribution < 1.29 is 4.79 Å². The Kier molecular flexibility index (Phi) is 2.02. The lowest BCUT2D eigenvalue weighted by Gasteiger charge is -2.32. The van der Waals surface area contributed by atoms with Crippen molar-refractivity contribution in [3.8, 4) is 0 Å². The largest absolute Gasteiger partial charge is 0.337 e. The minimum absolute atomic E-state index is 0.0455. The van der Waals surface area contributed by atoms with Crippen LogP contribution in [0.2, 0.25) is 0 Å². The zero-order valence-corrected chi connectivity index (χ0v) is 9.03. The SMILES string of the molecule is CC(C)(C)N1CC2C=CC=CC2C1=O. The number of hydrogen-bond donors (Lipinski definition) is 0. The van der Waals surface area contributed by atoms with E-state index < -0.39 is 0 Å². The molecule has 14 heavy (non-hydrogen) atoms. The van der Waals surface area contributed by atoms with Crippen molar-refractivity contribution in [2.75, 3.05) is 6.54 Å². The van der Waals surface area contributed by atoms with E-state index in [2.05, 4.69) is 26.8 Å². The first-order chi connectivity index (χ1) is 6.50. The van der Waals surface area contributed by atoms with Crippen molar-refractivity contribution in [1.29, 1.82) is 0 Å². The van der Waals surface area contributed by atoms with Gasteiger partial charge in [-0.15, -0.1) is 0 Å². The summed E-state index contributed by atoms with van der Waals surface area (Å²) in [7, 11) is 0. The first-order valence-electron chi connectivity index (χ1n) is 5.16. The summed E-state index contributed by atoms with van der Waals surface area (Å²) < 4.78 is 0. The quantitative estimate of drug-likeness (QED) is 0.573. The number of likely N-dealkylation sites (tertiary alicyclic amines) is 1. The Hall–Kier alpha value is -1.05. The van der Waals surface area contributed by atoms with Gasteiger partial charge in [-0.1, -0.05) is 24.3 Å². The number of amides is 1. The molecule has 76 valence electrons. The van der Waals surface area contributed by atoms with Gasteiger partial charge in [0, 0.05) is 18.0 Å². The molecule has 1 aliphatic heterocycles. The minimum Gasteiger partial charge on any atom is -0.337 e. The minimum atomic E-state index is -0.0455. The van der Waals surface area contributed by atoms with E-state index in [0.717, 1.165) is 6.54 Å². The number of allylic oxidation sites excluding steroid dienone is 2. The Balaban J connectivity index is 2.24. The molecular weight excluding hydrogens is 174 g/mol. The Morgan fingerprint density at radius 3 is 2.50 bits per heavy atom. The van der Waals surface area contributed by atoms with Crippen LogP contribution in [0, 0.1) is 11.8 Å². The number of nitrogens with zero attached hydrogens (tertiary/aromatic N) is 1. The van der Waals surface area contributed by atoms with Crippen LogP contribution in [-0.2, 0) is 4.79 Å². The van der Waals surface area contributed by atoms with Crippen LogP contribution in [0.15, 0.2) is 24.3 Å². The van der Waals surface area contributed by atoms with Crippen LogP contribution in [0.5, 0.6) is 0 Å². The van der Waals surface area contributed by atoms with E-state index in [9.17, 15) is 4.79 Å². The molecule has 0 bridgehead atoms. The van der Waals surface area contributed by atoms with Gasteiger partial charge in [0.2, 0.25) is 5.91 Å². The molecule has 2 heteroatoms. The molecule has 2 unspecified atom stereocenters. The molecule has 1 heterocycles. The van der Waals surface area contributed by atoms with Crippen molar-refractivity contribution in [3.63, 3.8) is 0 Å². The summed E-state index contributed by atoms with van der Waals surface area (Å²) in [6.07, 6.45) is 8.19. The molecule has 0 aromatic carbocycles. The lowest BCUT2D eigenvalue weighted by Crippen LogP contribution is -2.43. The molecule has 1 saturated heterocycles. The third kappa shape index (κ3) is 1.39. The smallest absolute Gasteiger partial charge is 0.230 e. The molecule has 0 spiro atoms. The molecule has 0 aromatic rings. The van der Waals surface area contributed by atoms with Gasteiger partial charge in [0.15, 0.2) is 0 Å². The molecule has 0 radical (unpaired) electrons. The van der Waals surface area contributed by atoms with Crippen LogP contribution in [-0.4, -0.2) is 22.9 Å². The van der Waals surface area contributed by atoms with Crippen molar-refractivity contribution in [3.05, 3.63) is 24.3 Å². The van der Waals surface area contributed by atoms with Crippen molar-refractivity contribution in [2.24, 2.45) is 11.8 Å². The second kappa shape index (κ2) is 2.97. The van der Waals surface area contributed by atoms with E-state index in [0.29, 0.717) is 5.92 Å². The topological polar surface area (TPSA) is 20.3 Å². The fourth-order valence-electron chi connectivity index (χ4n) is 2.18. The highest BCUT2D eigenvalue weighted by Crippen LogP contribution is 2.33. The van der Waals surface area contributed by atoms with E-state index >= 15 is 0 Å². The third-order valence-electron chi connectivity index (χ3n) is 3.00. The summed E-state index contributed by atoms with van der Waals surface area (Å²) >= 11 is 0. The van der Waals surface area contributed by atoms with Crippen LogP contribution < -0.4 is 0 Å². The molecule has 1 aliphatic carbocycles. The van der Waals surface area contributed by atoms with Gasteiger partial charge in [-0.2, -0.15) is 0 Å². The lowest BCUT2D eigenvalue weighted by atomic mass is 9.92. The Morgan fingerprint density at radius 2 is 1.93 bits per heavy atom. The highest BCUT2D eigenvalue weighted by Gasteiger charge is 2.42. The second-order valence-electron chi connectivity index (χ2n) is 5.08. The Morgan fingerprint density at radius 1 is 1.29 bits per heavy atom. The van der Waals surface area contributed by atoms with E-state index in [1.54, 1.807) is 0 Å². The number of hydrogen-bond acceptors (Lipinski definition) is 1. The number of carbonyl (C=O) groups is 1. The predicted octanol–water partition coefficient (Wildman–Crippen LogP) is 1.99. The normalized spacial score (nSPS) is 31.1. The standard InChI is InChI=1S/C12H17NO/c1-12(2,3)13-8-9-6-4-5-7-10(9)11(13)14/h4-7,9-10H,8H2,1-3H3. The summed E-state index contributed by atoms with van der Waals surface area (Å²) in [5.74, 6) is 0.772. The summed E-state index contributed by atoms with van der Waals surface area (Å²) in [5.41, 5.74) is -0.0455. The maximum atomic E-state index is 12.0. The number of rotatable bonds is 0. The average molecular weight is 191 g/mol. The summed E-state index contributed by atoms with van der Waals surface area (Å²) in [5, 5.41) is 0. The highest BCUT2D eigenvalue weighted by atomic mass is 16.2. The van der Waals surface area contributed by atoms with Crippen molar-refractivity contribution in [2.45, 2.75) is 26.3 Å². The number of carbonyl (C=O) groups excluding carboxylic acids is 1. The molecular formula is C12H17NO. The van der Waals surface area contributed by atoms with Gasteiger partial charge < -0.3 is 4.90 Å². The summed E-state index contributed by atoms with van der Waals surface area (Å²) in [6, 6.07) is 0. The lowest BCUT2D eigenvalue weighted by molar-refractivity contribution is -0.133. The summed E-state index contributed by atoms with van der Waals surface area (Å²) in [6.45, 7) is 7.15. The first kappa shape index (κ1) is 9.50. The monoisotopic (exact) mass is 191 g/mol. The predicted molar refractivity (Wildman–Crippen MR) is 56.7 cm³/mol. The fraction of sp³-hybridized carbons (Fsp3) is 0.583. The van der Waals surface area contributed by atoms with Gasteiger partial charge in [-0.25, -0.2) is 0 Å². The molecule has 2 atom stereocenters. The second-order valence-corrected chi connectivity index (χ2v) is 5.08. The van der Waals surface area contributed by atoms with Crippen LogP contribution in [0.1, 0.15) is 20.8 Å². The van der Waals surface area contributed by atoms with Crippen LogP contribution in [0.3, 0.4) is 0 Å². The van der Waals surface area contributed by atoms with Crippen LogP contribution >= 0.6 is 0 Å². The molecule has 2 rings (SSSR count). The Bertz CT molecular complexity index is 309. The van der Waals surface area contributed by atoms with Gasteiger partial charge in [0.25, 0.3) is 0 Å². The molecule has 1 fully saturated rings. The van der Waals surface area contributed by atoms with E-state index in [1.165, 1.54) is 0 Å². The first-order valence-corrected chi connectivity index (χ1v) is 5.16. The van der Waals surface area contributed by atoms with Crippen molar-refractivity contribution in [1.82, 2.24) is 4.90 Å². The van der Waals surface area contributed by atoms with Gasteiger partial charge >= 0.3 is 0 Å². The molecule has 2 nitrogen and oxygen atoms in total. The van der Waals surface area contributed by atoms with Gasteiger partial charge in [0.05, 0.1) is 5.92 Å². The van der Waals surface area contributed by atoms with Crippen molar-refractivity contribution >= 4 is 5.91 Å². The number of fused-ring (bicyclic) bond motifs is 1. The highest BCUT2D eigenvalue weighted by molar-refractivity contribution is 5.84. The van der Waals surface area contributed by atoms with Gasteiger partial charge in [-0.3, -0.25) is 4.79 Å². The summed E-state index contributed by atoms with van der Waals surface area (Å²) in [4.78, 5) is 14.0. The van der Waals surface area contributed by atoms with Gasteiger partial charge in [-0.05, 0) is 20.8 Å². The maximum absolute atomic E-state index is 12.0. The molecule has 2 aliphatic rings. The van der Waals surface area contributed by atoms with E-state index in [-0.39, 0.29) is 17.4 Å². The van der Waals surface area contributed by atoms with Gasteiger partial charge in [0.1, 0.15) is 0 Å². The Labute approximate surface area is 85.3 Å². The fourth-order valence-corrected chi connectivity index (χ4v) is 2.18. The maximum Gasteiger partial charge on any atom is 0.230 e. The van der Waals surface area contributed by atoms with Crippen LogP contribution in [0.4, 0.5) is 0 Å².